The van der Waals surface area contributed by atoms with Crippen molar-refractivity contribution in [1.82, 2.24) is 0 Å². The van der Waals surface area contributed by atoms with E-state index in [9.17, 15) is 13.2 Å². The van der Waals surface area contributed by atoms with E-state index in [1.807, 2.05) is 0 Å². The van der Waals surface area contributed by atoms with Crippen molar-refractivity contribution in [1.29, 1.82) is 0 Å². The largest absolute Gasteiger partial charge is 0.279 e. The molecule has 0 radical (unpaired) electrons. The first-order valence-electron chi connectivity index (χ1n) is 5.02. The molecule has 1 aromatic rings. The lowest BCUT2D eigenvalue weighted by molar-refractivity contribution is -0.0478. The number of alkyl halides is 2. The molecule has 0 saturated heterocycles. The van der Waals surface area contributed by atoms with Crippen LogP contribution in [0.25, 0.3) is 0 Å². The lowest BCUT2D eigenvalue weighted by Crippen LogP contribution is -2.19. The van der Waals surface area contributed by atoms with Crippen LogP contribution in [-0.4, -0.2) is 0 Å². The van der Waals surface area contributed by atoms with Crippen molar-refractivity contribution >= 4 is 0 Å². The fourth-order valence-electron chi connectivity index (χ4n) is 2.17. The van der Waals surface area contributed by atoms with E-state index in [0.29, 0.717) is 11.1 Å². The molecule has 0 N–H and O–H groups in total. The topological polar surface area (TPSA) is 0 Å². The van der Waals surface area contributed by atoms with Crippen molar-refractivity contribution in [3.63, 3.8) is 0 Å². The predicted molar refractivity (Wildman–Crippen MR) is 52.6 cm³/mol. The van der Waals surface area contributed by atoms with Gasteiger partial charge in [-0.3, -0.25) is 0 Å². The lowest BCUT2D eigenvalue weighted by Gasteiger charge is -2.17. The SMILES string of the molecule is Cc1cc2c(c(F)c1C)C(F)(F)C(C)C2. The minimum atomic E-state index is -3.02. The van der Waals surface area contributed by atoms with E-state index in [1.54, 1.807) is 19.9 Å². The van der Waals surface area contributed by atoms with Crippen LogP contribution in [0.15, 0.2) is 6.07 Å². The highest BCUT2D eigenvalue weighted by Crippen LogP contribution is 2.47. The number of hydrogen-bond donors (Lipinski definition) is 0. The van der Waals surface area contributed by atoms with Crippen molar-refractivity contribution in [3.8, 4) is 0 Å². The maximum atomic E-state index is 13.8. The third kappa shape index (κ3) is 1.29. The van der Waals surface area contributed by atoms with Gasteiger partial charge in [-0.1, -0.05) is 13.0 Å². The number of fused-ring (bicyclic) bond motifs is 1. The van der Waals surface area contributed by atoms with Crippen molar-refractivity contribution in [2.75, 3.05) is 0 Å². The second kappa shape index (κ2) is 3.00. The molecule has 0 amide bonds. The van der Waals surface area contributed by atoms with Crippen LogP contribution in [0, 0.1) is 25.6 Å². The van der Waals surface area contributed by atoms with E-state index in [2.05, 4.69) is 0 Å². The van der Waals surface area contributed by atoms with E-state index in [-0.39, 0.29) is 12.0 Å². The zero-order chi connectivity index (χ0) is 11.4. The summed E-state index contributed by atoms with van der Waals surface area (Å²) in [7, 11) is 0. The molecular weight excluding hydrogens is 201 g/mol. The zero-order valence-corrected chi connectivity index (χ0v) is 9.00. The van der Waals surface area contributed by atoms with Crippen LogP contribution in [0.1, 0.15) is 29.2 Å². The van der Waals surface area contributed by atoms with Crippen molar-refractivity contribution in [2.45, 2.75) is 33.1 Å². The van der Waals surface area contributed by atoms with Gasteiger partial charge in [0.25, 0.3) is 5.92 Å². The van der Waals surface area contributed by atoms with Gasteiger partial charge in [-0.2, -0.15) is 0 Å². The average Bonchev–Trinajstić information content (AvgIpc) is 2.34. The Labute approximate surface area is 87.1 Å². The summed E-state index contributed by atoms with van der Waals surface area (Å²) in [5.74, 6) is -4.54. The highest BCUT2D eigenvalue weighted by Gasteiger charge is 2.48. The summed E-state index contributed by atoms with van der Waals surface area (Å²) in [5, 5.41) is 0. The predicted octanol–water partition coefficient (Wildman–Crippen LogP) is 3.73. The first-order valence-corrected chi connectivity index (χ1v) is 5.02. The molecule has 82 valence electrons. The monoisotopic (exact) mass is 214 g/mol. The van der Waals surface area contributed by atoms with Gasteiger partial charge >= 0.3 is 0 Å². The zero-order valence-electron chi connectivity index (χ0n) is 9.00. The minimum Gasteiger partial charge on any atom is -0.206 e. The van der Waals surface area contributed by atoms with Gasteiger partial charge in [-0.05, 0) is 37.0 Å². The van der Waals surface area contributed by atoms with E-state index >= 15 is 0 Å². The Hall–Kier alpha value is -0.990. The summed E-state index contributed by atoms with van der Waals surface area (Å²) in [6, 6.07) is 1.69. The molecule has 3 heteroatoms. The Kier molecular flexibility index (Phi) is 2.11. The molecule has 0 aliphatic heterocycles. The van der Waals surface area contributed by atoms with Crippen LogP contribution < -0.4 is 0 Å². The molecule has 0 fully saturated rings. The van der Waals surface area contributed by atoms with Gasteiger partial charge in [0.2, 0.25) is 0 Å². The second-order valence-electron chi connectivity index (χ2n) is 4.39. The molecule has 1 aliphatic rings. The van der Waals surface area contributed by atoms with Gasteiger partial charge in [0.05, 0.1) is 5.56 Å². The van der Waals surface area contributed by atoms with Crippen LogP contribution in [0.2, 0.25) is 0 Å². The number of halogens is 3. The summed E-state index contributed by atoms with van der Waals surface area (Å²) in [5.41, 5.74) is 1.17. The summed E-state index contributed by atoms with van der Waals surface area (Å²) < 4.78 is 41.1. The third-order valence-electron chi connectivity index (χ3n) is 3.33. The third-order valence-corrected chi connectivity index (χ3v) is 3.33. The van der Waals surface area contributed by atoms with Crippen LogP contribution >= 0.6 is 0 Å². The molecule has 0 saturated carbocycles. The van der Waals surface area contributed by atoms with Gasteiger partial charge in [0.1, 0.15) is 5.82 Å². The molecule has 0 aromatic heterocycles. The highest BCUT2D eigenvalue weighted by molar-refractivity contribution is 5.44. The fourth-order valence-corrected chi connectivity index (χ4v) is 2.17. The number of hydrogen-bond acceptors (Lipinski definition) is 0. The van der Waals surface area contributed by atoms with Gasteiger partial charge in [-0.15, -0.1) is 0 Å². The molecular formula is C12H13F3. The Morgan fingerprint density at radius 3 is 2.53 bits per heavy atom. The van der Waals surface area contributed by atoms with E-state index in [0.717, 1.165) is 5.56 Å². The quantitative estimate of drug-likeness (QED) is 0.617. The maximum Gasteiger partial charge on any atom is 0.279 e. The molecule has 1 aromatic carbocycles. The Morgan fingerprint density at radius 1 is 1.33 bits per heavy atom. The smallest absolute Gasteiger partial charge is 0.206 e. The number of aryl methyl sites for hydroxylation is 1. The van der Waals surface area contributed by atoms with Crippen LogP contribution in [0.3, 0.4) is 0 Å². The highest BCUT2D eigenvalue weighted by atomic mass is 19.3. The Morgan fingerprint density at radius 2 is 1.93 bits per heavy atom. The molecule has 0 bridgehead atoms. The van der Waals surface area contributed by atoms with Gasteiger partial charge in [-0.25, -0.2) is 13.2 Å². The summed E-state index contributed by atoms with van der Waals surface area (Å²) in [4.78, 5) is 0. The molecule has 1 unspecified atom stereocenters. The molecule has 15 heavy (non-hydrogen) atoms. The fraction of sp³-hybridized carbons (Fsp3) is 0.500. The molecule has 2 rings (SSSR count). The number of rotatable bonds is 0. The van der Waals surface area contributed by atoms with E-state index in [1.165, 1.54) is 6.92 Å². The molecule has 0 spiro atoms. The minimum absolute atomic E-state index is 0.264. The summed E-state index contributed by atoms with van der Waals surface area (Å²) in [6.07, 6.45) is 0.264. The molecule has 0 heterocycles. The normalized spacial score (nSPS) is 22.9. The maximum absolute atomic E-state index is 13.8. The molecule has 1 aliphatic carbocycles. The van der Waals surface area contributed by atoms with Crippen LogP contribution in [-0.2, 0) is 12.3 Å². The Balaban J connectivity index is 2.72. The Bertz CT molecular complexity index is 421. The van der Waals surface area contributed by atoms with E-state index < -0.39 is 17.7 Å². The van der Waals surface area contributed by atoms with Gasteiger partial charge in [0.15, 0.2) is 0 Å². The molecule has 1 atom stereocenters. The van der Waals surface area contributed by atoms with Crippen LogP contribution in [0.4, 0.5) is 13.2 Å². The second-order valence-corrected chi connectivity index (χ2v) is 4.39. The lowest BCUT2D eigenvalue weighted by atomic mass is 9.99. The summed E-state index contributed by atoms with van der Waals surface area (Å²) >= 11 is 0. The first kappa shape index (κ1) is 10.5. The van der Waals surface area contributed by atoms with Gasteiger partial charge in [0, 0.05) is 5.92 Å². The average molecular weight is 214 g/mol. The van der Waals surface area contributed by atoms with Crippen molar-refractivity contribution < 1.29 is 13.2 Å². The van der Waals surface area contributed by atoms with Crippen molar-refractivity contribution in [3.05, 3.63) is 34.1 Å². The number of benzene rings is 1. The standard InChI is InChI=1S/C12H13F3/c1-6-4-9-5-7(2)12(14,15)10(9)11(13)8(6)3/h4,7H,5H2,1-3H3. The van der Waals surface area contributed by atoms with E-state index in [4.69, 9.17) is 0 Å². The van der Waals surface area contributed by atoms with Gasteiger partial charge < -0.3 is 0 Å². The molecule has 0 nitrogen and oxygen atoms in total. The van der Waals surface area contributed by atoms with Crippen molar-refractivity contribution in [2.24, 2.45) is 5.92 Å². The summed E-state index contributed by atoms with van der Waals surface area (Å²) in [6.45, 7) is 4.76. The first-order chi connectivity index (χ1) is 6.85. The van der Waals surface area contributed by atoms with Crippen LogP contribution in [0.5, 0.6) is 0 Å².